The van der Waals surface area contributed by atoms with E-state index in [-0.39, 0.29) is 11.6 Å². The fourth-order valence-corrected chi connectivity index (χ4v) is 7.93. The first kappa shape index (κ1) is 26.2. The zero-order valence-electron chi connectivity index (χ0n) is 25.2. The third-order valence-electron chi connectivity index (χ3n) is 10.1. The lowest BCUT2D eigenvalue weighted by molar-refractivity contribution is -0.139. The second-order valence-electron chi connectivity index (χ2n) is 12.6. The largest absolute Gasteiger partial charge is 0.455 e. The lowest BCUT2D eigenvalue weighted by Gasteiger charge is -2.30. The van der Waals surface area contributed by atoms with Gasteiger partial charge in [0, 0.05) is 16.3 Å². The van der Waals surface area contributed by atoms with Crippen molar-refractivity contribution in [2.24, 2.45) is 11.8 Å². The van der Waals surface area contributed by atoms with Gasteiger partial charge in [0.1, 0.15) is 11.2 Å². The van der Waals surface area contributed by atoms with Gasteiger partial charge in [-0.15, -0.1) is 0 Å². The molecule has 0 fully saturated rings. The van der Waals surface area contributed by atoms with Crippen molar-refractivity contribution in [3.8, 4) is 22.3 Å². The van der Waals surface area contributed by atoms with Gasteiger partial charge in [-0.2, -0.15) is 0 Å². The summed E-state index contributed by atoms with van der Waals surface area (Å²) in [6.07, 6.45) is 5.78. The number of furan rings is 1. The fraction of sp³-hybridized carbons (Fsp3) is 0.0455. The Bertz CT molecular complexity index is 2680. The van der Waals surface area contributed by atoms with Crippen molar-refractivity contribution in [2.45, 2.75) is 0 Å². The van der Waals surface area contributed by atoms with Crippen molar-refractivity contribution in [1.82, 2.24) is 0 Å². The van der Waals surface area contributed by atoms with Crippen LogP contribution in [0.2, 0.25) is 0 Å². The van der Waals surface area contributed by atoms with E-state index in [9.17, 15) is 9.59 Å². The molecule has 1 aromatic heterocycles. The van der Waals surface area contributed by atoms with Gasteiger partial charge in [0.25, 0.3) is 0 Å². The minimum absolute atomic E-state index is 0.305. The number of carbonyl (C=O) groups excluding carboxylic acids is 2. The van der Waals surface area contributed by atoms with E-state index in [2.05, 4.69) is 115 Å². The molecule has 3 aliphatic rings. The highest BCUT2D eigenvalue weighted by molar-refractivity contribution is 6.44. The number of hydrogen-bond donors (Lipinski definition) is 0. The van der Waals surface area contributed by atoms with Crippen LogP contribution in [0.3, 0.4) is 0 Å². The summed E-state index contributed by atoms with van der Waals surface area (Å²) in [4.78, 5) is 25.6. The number of fused-ring (bicyclic) bond motifs is 7. The molecule has 1 heterocycles. The molecule has 0 amide bonds. The van der Waals surface area contributed by atoms with Gasteiger partial charge in [0.2, 0.25) is 11.6 Å². The Morgan fingerprint density at radius 1 is 0.489 bits per heavy atom. The zero-order valence-corrected chi connectivity index (χ0v) is 25.2. The van der Waals surface area contributed by atoms with Gasteiger partial charge in [0.15, 0.2) is 0 Å². The standard InChI is InChI=1S/C44H26O3/c45-42-29-20-21-36(43(42)46)38(24-29)41-34-11-3-1-9-32(34)40(33-10-2-4-12-35(33)41)28-19-17-25-22-27(18-16-26(25)23-28)30-13-7-14-37-31-8-5-6-15-39(31)47-44(30)37/h1-24,29,36H. The van der Waals surface area contributed by atoms with E-state index in [1.807, 2.05) is 30.4 Å². The Labute approximate surface area is 270 Å². The van der Waals surface area contributed by atoms with Crippen LogP contribution in [0.5, 0.6) is 0 Å². The first-order chi connectivity index (χ1) is 23.1. The van der Waals surface area contributed by atoms with Crippen molar-refractivity contribution in [2.75, 3.05) is 0 Å². The molecule has 7 aromatic carbocycles. The number of allylic oxidation sites excluding steroid dienone is 4. The minimum atomic E-state index is -0.537. The van der Waals surface area contributed by atoms with Crippen molar-refractivity contribution < 1.29 is 14.0 Å². The van der Waals surface area contributed by atoms with E-state index in [0.717, 1.165) is 87.6 Å². The molecule has 0 N–H and O–H groups in total. The molecular weight excluding hydrogens is 576 g/mol. The Morgan fingerprint density at radius 3 is 1.79 bits per heavy atom. The maximum atomic E-state index is 13.0. The maximum Gasteiger partial charge on any atom is 0.210 e. The van der Waals surface area contributed by atoms with E-state index in [0.29, 0.717) is 0 Å². The predicted molar refractivity (Wildman–Crippen MR) is 191 cm³/mol. The van der Waals surface area contributed by atoms with E-state index in [4.69, 9.17) is 4.42 Å². The molecule has 0 saturated carbocycles. The number of hydrogen-bond acceptors (Lipinski definition) is 3. The average Bonchev–Trinajstić information content (AvgIpc) is 3.51. The summed E-state index contributed by atoms with van der Waals surface area (Å²) < 4.78 is 6.35. The molecule has 3 nitrogen and oxygen atoms in total. The third-order valence-corrected chi connectivity index (χ3v) is 10.1. The highest BCUT2D eigenvalue weighted by atomic mass is 16.3. The smallest absolute Gasteiger partial charge is 0.210 e. The molecule has 0 spiro atoms. The zero-order chi connectivity index (χ0) is 31.2. The van der Waals surface area contributed by atoms with Crippen LogP contribution in [0.4, 0.5) is 0 Å². The Balaban J connectivity index is 1.15. The van der Waals surface area contributed by atoms with Gasteiger partial charge in [0.05, 0.1) is 11.8 Å². The average molecular weight is 603 g/mol. The molecule has 0 aliphatic heterocycles. The quantitative estimate of drug-likeness (QED) is 0.115. The Hall–Kier alpha value is -6.06. The summed E-state index contributed by atoms with van der Waals surface area (Å²) in [6, 6.07) is 44.8. The fourth-order valence-electron chi connectivity index (χ4n) is 7.93. The van der Waals surface area contributed by atoms with Gasteiger partial charge >= 0.3 is 0 Å². The van der Waals surface area contributed by atoms with Gasteiger partial charge in [-0.05, 0) is 78.3 Å². The normalized spacial score (nSPS) is 17.5. The van der Waals surface area contributed by atoms with Crippen LogP contribution < -0.4 is 0 Å². The Morgan fingerprint density at radius 2 is 1.09 bits per heavy atom. The summed E-state index contributed by atoms with van der Waals surface area (Å²) in [6.45, 7) is 0. The molecule has 2 atom stereocenters. The topological polar surface area (TPSA) is 47.3 Å². The van der Waals surface area contributed by atoms with Crippen molar-refractivity contribution in [3.63, 3.8) is 0 Å². The monoisotopic (exact) mass is 602 g/mol. The molecule has 3 heteroatoms. The second-order valence-corrected chi connectivity index (χ2v) is 12.6. The number of carbonyl (C=O) groups is 2. The van der Waals surface area contributed by atoms with E-state index in [1.54, 1.807) is 0 Å². The molecule has 47 heavy (non-hydrogen) atoms. The molecule has 2 bridgehead atoms. The van der Waals surface area contributed by atoms with Crippen molar-refractivity contribution in [3.05, 3.63) is 151 Å². The van der Waals surface area contributed by atoms with E-state index < -0.39 is 11.8 Å². The van der Waals surface area contributed by atoms with Crippen LogP contribution >= 0.6 is 0 Å². The molecule has 8 aromatic rings. The summed E-state index contributed by atoms with van der Waals surface area (Å²) in [7, 11) is 0. The summed E-state index contributed by atoms with van der Waals surface area (Å²) in [5.74, 6) is -1.63. The highest BCUT2D eigenvalue weighted by Gasteiger charge is 2.40. The molecule has 0 saturated heterocycles. The van der Waals surface area contributed by atoms with Crippen LogP contribution in [0.25, 0.3) is 82.1 Å². The summed E-state index contributed by atoms with van der Waals surface area (Å²) in [5.41, 5.74) is 8.29. The van der Waals surface area contributed by atoms with Crippen molar-refractivity contribution >= 4 is 71.4 Å². The minimum Gasteiger partial charge on any atom is -0.455 e. The molecule has 0 radical (unpaired) electrons. The SMILES string of the molecule is O=C1C(=O)C2C=CC1C=C2c1c2ccccc2c(-c2ccc3cc(-c4cccc5c4oc4ccccc45)ccc3c2)c2ccccc12. The maximum absolute atomic E-state index is 13.0. The number of ketones is 2. The van der Waals surface area contributed by atoms with Crippen LogP contribution in [0.1, 0.15) is 5.56 Å². The molecule has 3 aliphatic carbocycles. The number of benzene rings is 7. The second kappa shape index (κ2) is 9.72. The highest BCUT2D eigenvalue weighted by Crippen LogP contribution is 2.47. The summed E-state index contributed by atoms with van der Waals surface area (Å²) in [5, 5.41) is 8.98. The van der Waals surface area contributed by atoms with Gasteiger partial charge < -0.3 is 4.42 Å². The number of Topliss-reactive ketones (excluding diaryl/α,β-unsaturated/α-hetero) is 2. The number of para-hydroxylation sites is 2. The third kappa shape index (κ3) is 3.74. The predicted octanol–water partition coefficient (Wildman–Crippen LogP) is 10.7. The molecule has 220 valence electrons. The molecule has 2 unspecified atom stereocenters. The first-order valence-corrected chi connectivity index (χ1v) is 16.0. The lowest BCUT2D eigenvalue weighted by Crippen LogP contribution is -2.36. The van der Waals surface area contributed by atoms with Crippen molar-refractivity contribution in [1.29, 1.82) is 0 Å². The van der Waals surface area contributed by atoms with Gasteiger partial charge in [-0.1, -0.05) is 127 Å². The Kier molecular flexibility index (Phi) is 5.41. The molecule has 11 rings (SSSR count). The lowest BCUT2D eigenvalue weighted by atomic mass is 9.71. The van der Waals surface area contributed by atoms with E-state index >= 15 is 0 Å². The van der Waals surface area contributed by atoms with Gasteiger partial charge in [-0.25, -0.2) is 0 Å². The molecular formula is C44H26O3. The summed E-state index contributed by atoms with van der Waals surface area (Å²) >= 11 is 0. The number of rotatable bonds is 3. The van der Waals surface area contributed by atoms with Crippen LogP contribution in [-0.4, -0.2) is 11.6 Å². The van der Waals surface area contributed by atoms with E-state index in [1.165, 1.54) is 0 Å². The van der Waals surface area contributed by atoms with Crippen LogP contribution in [-0.2, 0) is 9.59 Å². The first-order valence-electron chi connectivity index (χ1n) is 16.0. The van der Waals surface area contributed by atoms with Crippen LogP contribution in [0, 0.1) is 11.8 Å². The van der Waals surface area contributed by atoms with Crippen LogP contribution in [0.15, 0.2) is 150 Å². The van der Waals surface area contributed by atoms with Gasteiger partial charge in [-0.3, -0.25) is 9.59 Å².